The molecule has 104 valence electrons. The average molecular weight is 325 g/mol. The van der Waals surface area contributed by atoms with Crippen LogP contribution in [0, 0.1) is 0 Å². The molecule has 1 amide bonds. The van der Waals surface area contributed by atoms with Crippen molar-refractivity contribution in [2.45, 2.75) is 38.1 Å². The molecule has 0 aliphatic heterocycles. The van der Waals surface area contributed by atoms with Gasteiger partial charge in [-0.2, -0.15) is 0 Å². The quantitative estimate of drug-likeness (QED) is 0.844. The maximum Gasteiger partial charge on any atom is 0.233 e. The van der Waals surface area contributed by atoms with Crippen LogP contribution in [0.25, 0.3) is 0 Å². The van der Waals surface area contributed by atoms with E-state index < -0.39 is 0 Å². The molecule has 1 aliphatic rings. The fourth-order valence-corrected chi connectivity index (χ4v) is 2.32. The second-order valence-corrected chi connectivity index (χ2v) is 6.74. The number of rotatable bonds is 6. The summed E-state index contributed by atoms with van der Waals surface area (Å²) >= 11 is 3.49. The molecule has 1 aliphatic carbocycles. The van der Waals surface area contributed by atoms with Crippen molar-refractivity contribution >= 4 is 21.8 Å². The van der Waals surface area contributed by atoms with Gasteiger partial charge in [-0.25, -0.2) is 0 Å². The fourth-order valence-electron chi connectivity index (χ4n) is 1.92. The molecule has 1 fully saturated rings. The minimum Gasteiger partial charge on any atom is -0.354 e. The Bertz CT molecular complexity index is 455. The van der Waals surface area contributed by atoms with Gasteiger partial charge >= 0.3 is 0 Å². The summed E-state index contributed by atoms with van der Waals surface area (Å²) in [7, 11) is 0. The van der Waals surface area contributed by atoms with E-state index in [2.05, 4.69) is 52.5 Å². The number of hydrogen-bond donors (Lipinski definition) is 2. The summed E-state index contributed by atoms with van der Waals surface area (Å²) in [6, 6.07) is 8.81. The number of hydrogen-bond acceptors (Lipinski definition) is 2. The molecule has 1 aromatic rings. The summed E-state index contributed by atoms with van der Waals surface area (Å²) in [5.74, 6) is 0.0787. The molecule has 0 radical (unpaired) electrons. The Labute approximate surface area is 123 Å². The van der Waals surface area contributed by atoms with E-state index >= 15 is 0 Å². The number of carbonyl (C=O) groups is 1. The van der Waals surface area contributed by atoms with Gasteiger partial charge in [0.05, 0.1) is 6.54 Å². The maximum atomic E-state index is 11.7. The summed E-state index contributed by atoms with van der Waals surface area (Å²) in [5.41, 5.74) is 1.15. The Balaban J connectivity index is 1.84. The summed E-state index contributed by atoms with van der Waals surface area (Å²) in [5, 5.41) is 6.23. The van der Waals surface area contributed by atoms with E-state index in [1.807, 2.05) is 12.1 Å². The summed E-state index contributed by atoms with van der Waals surface area (Å²) in [6.07, 6.45) is 2.41. The molecule has 0 heterocycles. The highest BCUT2D eigenvalue weighted by Crippen LogP contribution is 2.25. The van der Waals surface area contributed by atoms with Crippen LogP contribution in [0.1, 0.15) is 32.3 Å². The predicted octanol–water partition coefficient (Wildman–Crippen LogP) is 2.59. The van der Waals surface area contributed by atoms with E-state index in [0.29, 0.717) is 19.1 Å². The first-order chi connectivity index (χ1) is 8.97. The predicted molar refractivity (Wildman–Crippen MR) is 81.2 cm³/mol. The largest absolute Gasteiger partial charge is 0.354 e. The lowest BCUT2D eigenvalue weighted by Crippen LogP contribution is -2.41. The van der Waals surface area contributed by atoms with E-state index in [-0.39, 0.29) is 11.3 Å². The molecular formula is C15H21BrN2O. The van der Waals surface area contributed by atoms with Crippen LogP contribution in [0.5, 0.6) is 0 Å². The van der Waals surface area contributed by atoms with Crippen LogP contribution in [-0.2, 0) is 10.2 Å². The highest BCUT2D eigenvalue weighted by molar-refractivity contribution is 9.10. The van der Waals surface area contributed by atoms with Gasteiger partial charge in [0.15, 0.2) is 0 Å². The first-order valence-electron chi connectivity index (χ1n) is 6.73. The monoisotopic (exact) mass is 324 g/mol. The topological polar surface area (TPSA) is 41.1 Å². The third-order valence-corrected chi connectivity index (χ3v) is 3.96. The van der Waals surface area contributed by atoms with Crippen LogP contribution in [-0.4, -0.2) is 25.0 Å². The normalized spacial score (nSPS) is 15.3. The molecule has 0 bridgehead atoms. The fraction of sp³-hybridized carbons (Fsp3) is 0.533. The average Bonchev–Trinajstić information content (AvgIpc) is 3.18. The summed E-state index contributed by atoms with van der Waals surface area (Å²) in [4.78, 5) is 11.7. The Hall–Kier alpha value is -0.870. The van der Waals surface area contributed by atoms with Crippen molar-refractivity contribution in [1.29, 1.82) is 0 Å². The lowest BCUT2D eigenvalue weighted by Gasteiger charge is -2.26. The zero-order chi connectivity index (χ0) is 13.9. The number of amides is 1. The van der Waals surface area contributed by atoms with E-state index in [4.69, 9.17) is 0 Å². The minimum absolute atomic E-state index is 0.0704. The third kappa shape index (κ3) is 4.62. The van der Waals surface area contributed by atoms with Crippen molar-refractivity contribution in [2.24, 2.45) is 0 Å². The zero-order valence-electron chi connectivity index (χ0n) is 11.5. The minimum atomic E-state index is -0.0704. The van der Waals surface area contributed by atoms with Crippen LogP contribution in [0.15, 0.2) is 28.7 Å². The molecule has 0 spiro atoms. The van der Waals surface area contributed by atoms with Crippen molar-refractivity contribution in [1.82, 2.24) is 10.6 Å². The molecule has 0 unspecified atom stereocenters. The number of benzene rings is 1. The van der Waals surface area contributed by atoms with Gasteiger partial charge in [0, 0.05) is 22.5 Å². The SMILES string of the molecule is CC(C)(CNC(=O)CNC1CC1)c1cccc(Br)c1. The van der Waals surface area contributed by atoms with Gasteiger partial charge in [-0.15, -0.1) is 0 Å². The Morgan fingerprint density at radius 1 is 1.42 bits per heavy atom. The van der Waals surface area contributed by atoms with Crippen molar-refractivity contribution in [3.63, 3.8) is 0 Å². The Morgan fingerprint density at radius 2 is 2.16 bits per heavy atom. The van der Waals surface area contributed by atoms with Crippen LogP contribution >= 0.6 is 15.9 Å². The van der Waals surface area contributed by atoms with Gasteiger partial charge in [0.1, 0.15) is 0 Å². The third-order valence-electron chi connectivity index (χ3n) is 3.46. The van der Waals surface area contributed by atoms with Crippen molar-refractivity contribution < 1.29 is 4.79 Å². The highest BCUT2D eigenvalue weighted by atomic mass is 79.9. The lowest BCUT2D eigenvalue weighted by molar-refractivity contribution is -0.120. The molecule has 3 nitrogen and oxygen atoms in total. The molecule has 0 atom stereocenters. The Morgan fingerprint density at radius 3 is 2.79 bits per heavy atom. The van der Waals surface area contributed by atoms with Gasteiger partial charge in [-0.1, -0.05) is 41.9 Å². The van der Waals surface area contributed by atoms with Gasteiger partial charge < -0.3 is 10.6 Å². The molecule has 4 heteroatoms. The molecule has 0 saturated heterocycles. The van der Waals surface area contributed by atoms with Crippen molar-refractivity contribution in [2.75, 3.05) is 13.1 Å². The molecule has 1 aromatic carbocycles. The molecule has 2 rings (SSSR count). The smallest absolute Gasteiger partial charge is 0.233 e. The highest BCUT2D eigenvalue weighted by Gasteiger charge is 2.23. The lowest BCUT2D eigenvalue weighted by atomic mass is 9.84. The maximum absolute atomic E-state index is 11.7. The first kappa shape index (κ1) is 14.5. The molecule has 19 heavy (non-hydrogen) atoms. The van der Waals surface area contributed by atoms with Gasteiger partial charge in [0.25, 0.3) is 0 Å². The molecule has 2 N–H and O–H groups in total. The molecular weight excluding hydrogens is 304 g/mol. The second kappa shape index (κ2) is 6.06. The molecule has 1 saturated carbocycles. The van der Waals surface area contributed by atoms with Crippen LogP contribution in [0.2, 0.25) is 0 Å². The zero-order valence-corrected chi connectivity index (χ0v) is 13.1. The van der Waals surface area contributed by atoms with Crippen molar-refractivity contribution in [3.05, 3.63) is 34.3 Å². The van der Waals surface area contributed by atoms with E-state index in [1.165, 1.54) is 18.4 Å². The number of halogens is 1. The van der Waals surface area contributed by atoms with E-state index in [9.17, 15) is 4.79 Å². The second-order valence-electron chi connectivity index (χ2n) is 5.83. The summed E-state index contributed by atoms with van der Waals surface area (Å²) < 4.78 is 1.07. The van der Waals surface area contributed by atoms with E-state index in [1.54, 1.807) is 0 Å². The standard InChI is InChI=1S/C15H21BrN2O/c1-15(2,11-4-3-5-12(16)8-11)10-18-14(19)9-17-13-6-7-13/h3-5,8,13,17H,6-7,9-10H2,1-2H3,(H,18,19). The molecule has 0 aromatic heterocycles. The van der Waals surface area contributed by atoms with Crippen LogP contribution < -0.4 is 10.6 Å². The van der Waals surface area contributed by atoms with Gasteiger partial charge in [0.2, 0.25) is 5.91 Å². The van der Waals surface area contributed by atoms with E-state index in [0.717, 1.165) is 4.47 Å². The van der Waals surface area contributed by atoms with Crippen molar-refractivity contribution in [3.8, 4) is 0 Å². The Kier molecular flexibility index (Phi) is 4.63. The van der Waals surface area contributed by atoms with Gasteiger partial charge in [-0.3, -0.25) is 4.79 Å². The number of nitrogens with one attached hydrogen (secondary N) is 2. The number of carbonyl (C=O) groups excluding carboxylic acids is 1. The summed E-state index contributed by atoms with van der Waals surface area (Å²) in [6.45, 7) is 5.36. The van der Waals surface area contributed by atoms with Crippen LogP contribution in [0.4, 0.5) is 0 Å². The van der Waals surface area contributed by atoms with Crippen LogP contribution in [0.3, 0.4) is 0 Å². The first-order valence-corrected chi connectivity index (χ1v) is 7.53. The van der Waals surface area contributed by atoms with Gasteiger partial charge in [-0.05, 0) is 30.5 Å².